The van der Waals surface area contributed by atoms with Gasteiger partial charge in [0.25, 0.3) is 0 Å². The van der Waals surface area contributed by atoms with Crippen LogP contribution in [-0.2, 0) is 4.74 Å². The molecule has 0 radical (unpaired) electrons. The lowest BCUT2D eigenvalue weighted by Crippen LogP contribution is -2.63. The SMILES string of the molecule is CS[C@H]1OC([C@@H](N)C(C)O)C(O)[C@H](O)[C@H]1O. The van der Waals surface area contributed by atoms with Gasteiger partial charge in [-0.3, -0.25) is 0 Å². The van der Waals surface area contributed by atoms with Crippen LogP contribution in [0.3, 0.4) is 0 Å². The van der Waals surface area contributed by atoms with Gasteiger partial charge in [-0.25, -0.2) is 0 Å². The van der Waals surface area contributed by atoms with Crippen LogP contribution in [0.1, 0.15) is 6.92 Å². The van der Waals surface area contributed by atoms with Crippen molar-refractivity contribution in [3.8, 4) is 0 Å². The minimum Gasteiger partial charge on any atom is -0.392 e. The number of rotatable bonds is 3. The Labute approximate surface area is 98.4 Å². The first-order chi connectivity index (χ1) is 7.40. The molecule has 0 aromatic carbocycles. The summed E-state index contributed by atoms with van der Waals surface area (Å²) in [6.45, 7) is 1.48. The Morgan fingerprint density at radius 3 is 2.19 bits per heavy atom. The second-order valence-corrected chi connectivity index (χ2v) is 4.93. The van der Waals surface area contributed by atoms with E-state index in [4.69, 9.17) is 10.5 Å². The van der Waals surface area contributed by atoms with E-state index in [2.05, 4.69) is 0 Å². The molecule has 7 heteroatoms. The fourth-order valence-corrected chi connectivity index (χ4v) is 2.34. The van der Waals surface area contributed by atoms with Crippen molar-refractivity contribution < 1.29 is 25.2 Å². The number of ether oxygens (including phenoxy) is 1. The van der Waals surface area contributed by atoms with Gasteiger partial charge in [0.2, 0.25) is 0 Å². The van der Waals surface area contributed by atoms with E-state index < -0.39 is 42.0 Å². The molecule has 0 aliphatic carbocycles. The van der Waals surface area contributed by atoms with E-state index in [1.165, 1.54) is 18.7 Å². The summed E-state index contributed by atoms with van der Waals surface area (Å²) in [5.74, 6) is 0. The molecule has 0 saturated carbocycles. The standard InChI is InChI=1S/C9H19NO5S/c1-3(11)4(10)8-6(13)5(12)7(14)9(15-8)16-2/h3-9,11-14H,10H2,1-2H3/t3?,4-,5-,6?,7+,8?,9+/m0/s1. The van der Waals surface area contributed by atoms with Crippen LogP contribution >= 0.6 is 11.8 Å². The van der Waals surface area contributed by atoms with Gasteiger partial charge in [-0.15, -0.1) is 11.8 Å². The Morgan fingerprint density at radius 2 is 1.75 bits per heavy atom. The first kappa shape index (κ1) is 14.2. The average Bonchev–Trinajstić information content (AvgIpc) is 2.25. The zero-order valence-electron chi connectivity index (χ0n) is 9.22. The minimum atomic E-state index is -1.32. The summed E-state index contributed by atoms with van der Waals surface area (Å²) < 4.78 is 5.37. The molecule has 1 fully saturated rings. The molecule has 1 heterocycles. The van der Waals surface area contributed by atoms with Gasteiger partial charge in [-0.2, -0.15) is 0 Å². The monoisotopic (exact) mass is 253 g/mol. The number of aliphatic hydroxyl groups is 4. The maximum Gasteiger partial charge on any atom is 0.132 e. The molecule has 96 valence electrons. The van der Waals surface area contributed by atoms with E-state index >= 15 is 0 Å². The molecule has 1 rings (SSSR count). The third kappa shape index (κ3) is 2.67. The number of nitrogens with two attached hydrogens (primary N) is 1. The van der Waals surface area contributed by atoms with Gasteiger partial charge in [0.1, 0.15) is 29.9 Å². The van der Waals surface area contributed by atoms with Crippen molar-refractivity contribution in [1.82, 2.24) is 0 Å². The smallest absolute Gasteiger partial charge is 0.132 e. The van der Waals surface area contributed by atoms with E-state index in [0.717, 1.165) is 0 Å². The number of hydrogen-bond acceptors (Lipinski definition) is 7. The molecule has 16 heavy (non-hydrogen) atoms. The van der Waals surface area contributed by atoms with Crippen LogP contribution < -0.4 is 5.73 Å². The summed E-state index contributed by atoms with van der Waals surface area (Å²) >= 11 is 1.21. The van der Waals surface area contributed by atoms with E-state index in [1.807, 2.05) is 0 Å². The predicted octanol–water partition coefficient (Wildman–Crippen LogP) is -2.13. The van der Waals surface area contributed by atoms with Gasteiger partial charge >= 0.3 is 0 Å². The van der Waals surface area contributed by atoms with Gasteiger partial charge in [0.05, 0.1) is 12.1 Å². The van der Waals surface area contributed by atoms with Crippen LogP contribution in [0.15, 0.2) is 0 Å². The summed E-state index contributed by atoms with van der Waals surface area (Å²) in [6.07, 6.45) is -3.84. The van der Waals surface area contributed by atoms with Crippen molar-refractivity contribution in [3.05, 3.63) is 0 Å². The molecule has 3 unspecified atom stereocenters. The minimum absolute atomic E-state index is 0.659. The van der Waals surface area contributed by atoms with Crippen LogP contribution in [0, 0.1) is 0 Å². The summed E-state index contributed by atoms with van der Waals surface area (Å²) in [5.41, 5.74) is 5.01. The highest BCUT2D eigenvalue weighted by atomic mass is 32.2. The number of thioether (sulfide) groups is 1. The predicted molar refractivity (Wildman–Crippen MR) is 59.9 cm³/mol. The van der Waals surface area contributed by atoms with Crippen LogP contribution in [-0.4, -0.2) is 68.7 Å². The van der Waals surface area contributed by atoms with E-state index in [9.17, 15) is 20.4 Å². The van der Waals surface area contributed by atoms with Gasteiger partial charge < -0.3 is 30.9 Å². The van der Waals surface area contributed by atoms with E-state index in [0.29, 0.717) is 0 Å². The van der Waals surface area contributed by atoms with Gasteiger partial charge in [-0.1, -0.05) is 0 Å². The molecular formula is C9H19NO5S. The summed E-state index contributed by atoms with van der Waals surface area (Å²) in [5, 5.41) is 38.2. The maximum atomic E-state index is 9.71. The first-order valence-electron chi connectivity index (χ1n) is 5.06. The molecule has 0 bridgehead atoms. The largest absolute Gasteiger partial charge is 0.392 e. The third-order valence-electron chi connectivity index (χ3n) is 2.78. The van der Waals surface area contributed by atoms with Crippen molar-refractivity contribution in [3.63, 3.8) is 0 Å². The highest BCUT2D eigenvalue weighted by molar-refractivity contribution is 7.99. The highest BCUT2D eigenvalue weighted by Crippen LogP contribution is 2.28. The lowest BCUT2D eigenvalue weighted by molar-refractivity contribution is -0.207. The molecule has 0 aromatic rings. The number of aliphatic hydroxyl groups excluding tert-OH is 4. The van der Waals surface area contributed by atoms with Gasteiger partial charge in [0.15, 0.2) is 0 Å². The summed E-state index contributed by atoms with van der Waals surface area (Å²) in [6, 6.07) is -0.813. The zero-order valence-corrected chi connectivity index (χ0v) is 10.0. The topological polar surface area (TPSA) is 116 Å². The average molecular weight is 253 g/mol. The van der Waals surface area contributed by atoms with Gasteiger partial charge in [0, 0.05) is 0 Å². The molecule has 7 atom stereocenters. The Balaban J connectivity index is 2.78. The molecule has 1 saturated heterocycles. The molecule has 1 aliphatic rings. The fourth-order valence-electron chi connectivity index (χ4n) is 1.66. The lowest BCUT2D eigenvalue weighted by atomic mass is 9.93. The molecule has 6 N–H and O–H groups in total. The van der Waals surface area contributed by atoms with Crippen LogP contribution in [0.2, 0.25) is 0 Å². The van der Waals surface area contributed by atoms with Crippen molar-refractivity contribution in [2.45, 2.75) is 48.9 Å². The third-order valence-corrected chi connectivity index (χ3v) is 3.63. The Kier molecular flexibility index (Phi) is 4.99. The van der Waals surface area contributed by atoms with Crippen LogP contribution in [0.25, 0.3) is 0 Å². The quantitative estimate of drug-likeness (QED) is 0.390. The second kappa shape index (κ2) is 5.63. The molecular weight excluding hydrogens is 234 g/mol. The van der Waals surface area contributed by atoms with E-state index in [1.54, 1.807) is 6.26 Å². The molecule has 6 nitrogen and oxygen atoms in total. The Morgan fingerprint density at radius 1 is 1.19 bits per heavy atom. The van der Waals surface area contributed by atoms with Crippen LogP contribution in [0.5, 0.6) is 0 Å². The number of hydrogen-bond donors (Lipinski definition) is 5. The molecule has 0 amide bonds. The Hall–Kier alpha value is 0.110. The summed E-state index contributed by atoms with van der Waals surface area (Å²) in [4.78, 5) is 0. The lowest BCUT2D eigenvalue weighted by Gasteiger charge is -2.42. The molecule has 0 aromatic heterocycles. The van der Waals surface area contributed by atoms with Crippen LogP contribution in [0.4, 0.5) is 0 Å². The Bertz CT molecular complexity index is 228. The van der Waals surface area contributed by atoms with E-state index in [-0.39, 0.29) is 0 Å². The van der Waals surface area contributed by atoms with Crippen molar-refractivity contribution >= 4 is 11.8 Å². The zero-order chi connectivity index (χ0) is 12.5. The first-order valence-corrected chi connectivity index (χ1v) is 6.35. The maximum absolute atomic E-state index is 9.71. The molecule has 1 aliphatic heterocycles. The van der Waals surface area contributed by atoms with Gasteiger partial charge in [-0.05, 0) is 13.2 Å². The van der Waals surface area contributed by atoms with Crippen molar-refractivity contribution in [2.75, 3.05) is 6.26 Å². The summed E-state index contributed by atoms with van der Waals surface area (Å²) in [7, 11) is 0. The normalized spacial score (nSPS) is 44.1. The fraction of sp³-hybridized carbons (Fsp3) is 1.00. The second-order valence-electron chi connectivity index (χ2n) is 3.99. The molecule has 0 spiro atoms. The van der Waals surface area contributed by atoms with Crippen molar-refractivity contribution in [2.24, 2.45) is 5.73 Å². The van der Waals surface area contributed by atoms with Crippen molar-refractivity contribution in [1.29, 1.82) is 0 Å². The highest BCUT2D eigenvalue weighted by Gasteiger charge is 2.46.